The van der Waals surface area contributed by atoms with E-state index in [1.807, 2.05) is 29.2 Å². The first-order chi connectivity index (χ1) is 16.4. The number of alkyl halides is 3. The second-order valence-corrected chi connectivity index (χ2v) is 8.65. The van der Waals surface area contributed by atoms with Crippen molar-refractivity contribution in [2.45, 2.75) is 19.1 Å². The summed E-state index contributed by atoms with van der Waals surface area (Å²) in [7, 11) is 0. The number of nitrogens with one attached hydrogen (secondary N) is 1. The third-order valence-electron chi connectivity index (χ3n) is 6.10. The molecule has 0 bridgehead atoms. The lowest BCUT2D eigenvalue weighted by atomic mass is 10.2. The smallest absolute Gasteiger partial charge is 0.379 e. The van der Waals surface area contributed by atoms with Gasteiger partial charge in [-0.2, -0.15) is 13.2 Å². The predicted molar refractivity (Wildman–Crippen MR) is 124 cm³/mol. The fraction of sp³-hybridized carbons (Fsp3) is 0.500. The zero-order valence-electron chi connectivity index (χ0n) is 19.1. The number of amides is 1. The standard InChI is InChI=1S/C24H30F3N5O2/c25-24(26,27)20-4-7-22(28-16-20)32-9-1-8-30(10-11-32)18-23(33)29-21-5-2-19(3-6-21)17-31-12-14-34-15-13-31/h2-7,16H,1,8-15,17-18H2,(H,29,33). The predicted octanol–water partition coefficient (Wildman–Crippen LogP) is 3.08. The summed E-state index contributed by atoms with van der Waals surface area (Å²) in [6, 6.07) is 10.4. The van der Waals surface area contributed by atoms with Crippen LogP contribution in [0, 0.1) is 0 Å². The van der Waals surface area contributed by atoms with Crippen LogP contribution in [-0.2, 0) is 22.3 Å². The van der Waals surface area contributed by atoms with Crippen molar-refractivity contribution in [3.63, 3.8) is 0 Å². The average molecular weight is 478 g/mol. The Morgan fingerprint density at radius 1 is 0.941 bits per heavy atom. The Kier molecular flexibility index (Phi) is 8.02. The lowest BCUT2D eigenvalue weighted by Gasteiger charge is -2.26. The molecule has 3 heterocycles. The lowest BCUT2D eigenvalue weighted by Crippen LogP contribution is -2.36. The highest BCUT2D eigenvalue weighted by atomic mass is 19.4. The molecule has 2 aromatic rings. The topological polar surface area (TPSA) is 60.9 Å². The number of rotatable bonds is 6. The Labute approximate surface area is 197 Å². The molecule has 0 atom stereocenters. The number of carbonyl (C=O) groups is 1. The number of nitrogens with zero attached hydrogens (tertiary/aromatic N) is 4. The summed E-state index contributed by atoms with van der Waals surface area (Å²) < 4.78 is 43.7. The third-order valence-corrected chi connectivity index (χ3v) is 6.10. The van der Waals surface area contributed by atoms with Crippen LogP contribution in [0.2, 0.25) is 0 Å². The molecule has 184 valence electrons. The fourth-order valence-electron chi connectivity index (χ4n) is 4.21. The number of ether oxygens (including phenoxy) is 1. The van der Waals surface area contributed by atoms with Gasteiger partial charge in [-0.25, -0.2) is 4.98 Å². The zero-order chi connectivity index (χ0) is 24.0. The number of anilines is 2. The monoisotopic (exact) mass is 477 g/mol. The molecule has 10 heteroatoms. The van der Waals surface area contributed by atoms with E-state index in [2.05, 4.69) is 20.1 Å². The molecule has 1 aromatic heterocycles. The van der Waals surface area contributed by atoms with Gasteiger partial charge in [-0.3, -0.25) is 14.6 Å². The highest BCUT2D eigenvalue weighted by molar-refractivity contribution is 5.92. The van der Waals surface area contributed by atoms with Gasteiger partial charge in [-0.1, -0.05) is 12.1 Å². The number of aromatic nitrogens is 1. The van der Waals surface area contributed by atoms with E-state index in [4.69, 9.17) is 4.74 Å². The number of hydrogen-bond donors (Lipinski definition) is 1. The van der Waals surface area contributed by atoms with Crippen LogP contribution >= 0.6 is 0 Å². The zero-order valence-corrected chi connectivity index (χ0v) is 19.1. The van der Waals surface area contributed by atoms with Crippen LogP contribution in [0.4, 0.5) is 24.7 Å². The Hall–Kier alpha value is -2.69. The van der Waals surface area contributed by atoms with Crippen LogP contribution in [0.15, 0.2) is 42.6 Å². The van der Waals surface area contributed by atoms with Gasteiger partial charge in [0, 0.05) is 57.7 Å². The van der Waals surface area contributed by atoms with E-state index in [9.17, 15) is 18.0 Å². The minimum Gasteiger partial charge on any atom is -0.379 e. The SMILES string of the molecule is O=C(CN1CCCN(c2ccc(C(F)(F)F)cn2)CC1)Nc1ccc(CN2CCOCC2)cc1. The van der Waals surface area contributed by atoms with E-state index in [-0.39, 0.29) is 12.5 Å². The number of halogens is 3. The molecule has 0 spiro atoms. The maximum Gasteiger partial charge on any atom is 0.417 e. The van der Waals surface area contributed by atoms with Gasteiger partial charge in [0.25, 0.3) is 0 Å². The van der Waals surface area contributed by atoms with Gasteiger partial charge >= 0.3 is 6.18 Å². The normalized spacial score (nSPS) is 18.5. The van der Waals surface area contributed by atoms with Gasteiger partial charge in [0.1, 0.15) is 5.82 Å². The van der Waals surface area contributed by atoms with Crippen molar-refractivity contribution in [2.75, 3.05) is 69.2 Å². The minimum atomic E-state index is -4.39. The molecule has 7 nitrogen and oxygen atoms in total. The Bertz CT molecular complexity index is 931. The minimum absolute atomic E-state index is 0.0814. The molecule has 0 saturated carbocycles. The fourth-order valence-corrected chi connectivity index (χ4v) is 4.21. The van der Waals surface area contributed by atoms with Crippen LogP contribution in [0.3, 0.4) is 0 Å². The first-order valence-electron chi connectivity index (χ1n) is 11.6. The van der Waals surface area contributed by atoms with Crippen molar-refractivity contribution < 1.29 is 22.7 Å². The summed E-state index contributed by atoms with van der Waals surface area (Å²) in [5.41, 5.74) is 1.21. The summed E-state index contributed by atoms with van der Waals surface area (Å²) in [5.74, 6) is 0.443. The van der Waals surface area contributed by atoms with Gasteiger partial charge in [-0.15, -0.1) is 0 Å². The van der Waals surface area contributed by atoms with Crippen LogP contribution < -0.4 is 10.2 Å². The van der Waals surface area contributed by atoms with Gasteiger partial charge < -0.3 is 15.0 Å². The molecule has 0 unspecified atom stereocenters. The molecular formula is C24H30F3N5O2. The molecule has 0 radical (unpaired) electrons. The molecule has 1 N–H and O–H groups in total. The maximum atomic E-state index is 12.8. The number of morpholine rings is 1. The second-order valence-electron chi connectivity index (χ2n) is 8.65. The number of carbonyl (C=O) groups excluding carboxylic acids is 1. The van der Waals surface area contributed by atoms with E-state index in [1.165, 1.54) is 11.6 Å². The Morgan fingerprint density at radius 3 is 2.38 bits per heavy atom. The van der Waals surface area contributed by atoms with Crippen LogP contribution in [-0.4, -0.2) is 79.7 Å². The van der Waals surface area contributed by atoms with E-state index in [1.54, 1.807) is 0 Å². The molecule has 2 fully saturated rings. The van der Waals surface area contributed by atoms with Gasteiger partial charge in [0.15, 0.2) is 0 Å². The first kappa shape index (κ1) is 24.4. The first-order valence-corrected chi connectivity index (χ1v) is 11.6. The highest BCUT2D eigenvalue weighted by Gasteiger charge is 2.31. The third kappa shape index (κ3) is 6.91. The molecule has 1 amide bonds. The van der Waals surface area contributed by atoms with Crippen molar-refractivity contribution in [3.05, 3.63) is 53.7 Å². The van der Waals surface area contributed by atoms with Crippen molar-refractivity contribution >= 4 is 17.4 Å². The number of hydrogen-bond acceptors (Lipinski definition) is 6. The van der Waals surface area contributed by atoms with E-state index >= 15 is 0 Å². The molecule has 2 aliphatic rings. The molecule has 2 saturated heterocycles. The van der Waals surface area contributed by atoms with E-state index in [0.29, 0.717) is 25.5 Å². The molecular weight excluding hydrogens is 447 g/mol. The number of pyridine rings is 1. The van der Waals surface area contributed by atoms with Crippen molar-refractivity contribution in [2.24, 2.45) is 0 Å². The second kappa shape index (κ2) is 11.2. The van der Waals surface area contributed by atoms with Crippen molar-refractivity contribution in [1.29, 1.82) is 0 Å². The average Bonchev–Trinajstić information content (AvgIpc) is 3.06. The van der Waals surface area contributed by atoms with E-state index < -0.39 is 11.7 Å². The maximum absolute atomic E-state index is 12.8. The lowest BCUT2D eigenvalue weighted by molar-refractivity contribution is -0.137. The number of benzene rings is 1. The largest absolute Gasteiger partial charge is 0.417 e. The molecule has 4 rings (SSSR count). The van der Waals surface area contributed by atoms with Crippen LogP contribution in [0.25, 0.3) is 0 Å². The Morgan fingerprint density at radius 2 is 1.71 bits per heavy atom. The van der Waals surface area contributed by atoms with Crippen molar-refractivity contribution in [3.8, 4) is 0 Å². The summed E-state index contributed by atoms with van der Waals surface area (Å²) in [5, 5.41) is 2.96. The van der Waals surface area contributed by atoms with Gasteiger partial charge in [0.2, 0.25) is 5.91 Å². The Balaban J connectivity index is 1.23. The summed E-state index contributed by atoms with van der Waals surface area (Å²) in [6.45, 7) is 7.19. The van der Waals surface area contributed by atoms with Gasteiger partial charge in [-0.05, 0) is 36.2 Å². The summed E-state index contributed by atoms with van der Waals surface area (Å²) in [4.78, 5) is 22.9. The van der Waals surface area contributed by atoms with E-state index in [0.717, 1.165) is 63.8 Å². The quantitative estimate of drug-likeness (QED) is 0.690. The van der Waals surface area contributed by atoms with Crippen molar-refractivity contribution in [1.82, 2.24) is 14.8 Å². The molecule has 2 aliphatic heterocycles. The highest BCUT2D eigenvalue weighted by Crippen LogP contribution is 2.29. The summed E-state index contributed by atoms with van der Waals surface area (Å²) in [6.07, 6.45) is -2.72. The van der Waals surface area contributed by atoms with Crippen LogP contribution in [0.1, 0.15) is 17.5 Å². The summed E-state index contributed by atoms with van der Waals surface area (Å²) >= 11 is 0. The molecule has 34 heavy (non-hydrogen) atoms. The van der Waals surface area contributed by atoms with Crippen LogP contribution in [0.5, 0.6) is 0 Å². The molecule has 1 aromatic carbocycles. The van der Waals surface area contributed by atoms with Gasteiger partial charge in [0.05, 0.1) is 25.3 Å². The molecule has 0 aliphatic carbocycles.